The summed E-state index contributed by atoms with van der Waals surface area (Å²) in [5.74, 6) is 0. The van der Waals surface area contributed by atoms with Crippen molar-refractivity contribution in [2.45, 2.75) is 51.8 Å². The number of hydrogen-bond acceptors (Lipinski definition) is 2. The average Bonchev–Trinajstić information content (AvgIpc) is 1.84. The van der Waals surface area contributed by atoms with E-state index in [1.165, 1.54) is 0 Å². The number of nitrogens with one attached hydrogen (secondary N) is 1. The smallest absolute Gasteiger partial charge is 0.212 e. The Kier molecular flexibility index (Phi) is 3.72. The minimum absolute atomic E-state index is 0.0224. The predicted molar refractivity (Wildman–Crippen MR) is 51.6 cm³/mol. The van der Waals surface area contributed by atoms with Crippen molar-refractivity contribution >= 4 is 10.0 Å². The normalized spacial score (nSPS) is 16.1. The fraction of sp³-hybridized carbons (Fsp3) is 1.00. The highest BCUT2D eigenvalue weighted by atomic mass is 32.2. The first-order valence-electron chi connectivity index (χ1n) is 4.22. The van der Waals surface area contributed by atoms with E-state index in [9.17, 15) is 8.42 Å². The second-order valence-corrected chi connectivity index (χ2v) is 6.51. The van der Waals surface area contributed by atoms with Gasteiger partial charge in [-0.2, -0.15) is 0 Å². The van der Waals surface area contributed by atoms with Crippen LogP contribution >= 0.6 is 0 Å². The second kappa shape index (κ2) is 3.75. The van der Waals surface area contributed by atoms with Crippen molar-refractivity contribution in [2.75, 3.05) is 0 Å². The first-order valence-corrected chi connectivity index (χ1v) is 5.71. The molecule has 0 aliphatic rings. The third-order valence-corrected chi connectivity index (χ3v) is 4.10. The first kappa shape index (κ1) is 11.9. The summed E-state index contributed by atoms with van der Waals surface area (Å²) in [5.41, 5.74) is 0. The van der Waals surface area contributed by atoms with Gasteiger partial charge >= 0.3 is 0 Å². The average molecular weight is 193 g/mol. The lowest BCUT2D eigenvalue weighted by atomic mass is 10.3. The molecule has 0 bridgehead atoms. The van der Waals surface area contributed by atoms with Crippen LogP contribution in [0.1, 0.15) is 41.0 Å². The largest absolute Gasteiger partial charge is 0.216 e. The summed E-state index contributed by atoms with van der Waals surface area (Å²) in [5, 5.41) is 0. The molecular formula is C8H19NO2S. The third kappa shape index (κ3) is 3.11. The van der Waals surface area contributed by atoms with E-state index in [-0.39, 0.29) is 6.04 Å². The molecule has 1 N–H and O–H groups in total. The van der Waals surface area contributed by atoms with Gasteiger partial charge in [-0.3, -0.25) is 0 Å². The molecule has 4 heteroatoms. The van der Waals surface area contributed by atoms with Crippen LogP contribution in [0, 0.1) is 0 Å². The van der Waals surface area contributed by atoms with Crippen molar-refractivity contribution in [1.29, 1.82) is 0 Å². The van der Waals surface area contributed by atoms with Crippen LogP contribution in [0.5, 0.6) is 0 Å². The zero-order chi connectivity index (χ0) is 9.99. The molecule has 0 aromatic rings. The molecule has 0 fully saturated rings. The van der Waals surface area contributed by atoms with Gasteiger partial charge in [0.2, 0.25) is 10.0 Å². The third-order valence-electron chi connectivity index (χ3n) is 1.77. The lowest BCUT2D eigenvalue weighted by molar-refractivity contribution is 0.524. The minimum Gasteiger partial charge on any atom is -0.212 e. The van der Waals surface area contributed by atoms with E-state index in [4.69, 9.17) is 0 Å². The molecule has 0 aliphatic carbocycles. The molecule has 0 saturated carbocycles. The molecule has 0 unspecified atom stereocenters. The highest BCUT2D eigenvalue weighted by Gasteiger charge is 2.29. The number of hydrogen-bond donors (Lipinski definition) is 1. The van der Waals surface area contributed by atoms with Crippen LogP contribution in [-0.2, 0) is 10.0 Å². The zero-order valence-corrected chi connectivity index (χ0v) is 9.33. The summed E-state index contributed by atoms with van der Waals surface area (Å²) < 4.78 is 24.9. The first-order chi connectivity index (χ1) is 5.20. The fourth-order valence-electron chi connectivity index (χ4n) is 0.525. The van der Waals surface area contributed by atoms with Crippen molar-refractivity contribution in [1.82, 2.24) is 4.72 Å². The van der Waals surface area contributed by atoms with Gasteiger partial charge in [0, 0.05) is 6.04 Å². The molecule has 0 rings (SSSR count). The van der Waals surface area contributed by atoms with E-state index in [1.54, 1.807) is 20.8 Å². The molecule has 0 aliphatic heterocycles. The van der Waals surface area contributed by atoms with E-state index >= 15 is 0 Å². The molecule has 74 valence electrons. The molecule has 0 saturated heterocycles. The highest BCUT2D eigenvalue weighted by Crippen LogP contribution is 2.13. The molecule has 0 aromatic carbocycles. The van der Waals surface area contributed by atoms with Crippen LogP contribution in [0.2, 0.25) is 0 Å². The van der Waals surface area contributed by atoms with Gasteiger partial charge < -0.3 is 0 Å². The zero-order valence-electron chi connectivity index (χ0n) is 8.51. The number of sulfonamides is 1. The van der Waals surface area contributed by atoms with E-state index in [2.05, 4.69) is 4.72 Å². The Morgan fingerprint density at radius 3 is 2.00 bits per heavy atom. The summed E-state index contributed by atoms with van der Waals surface area (Å²) in [6.45, 7) is 8.90. The molecule has 3 nitrogen and oxygen atoms in total. The topological polar surface area (TPSA) is 46.2 Å². The van der Waals surface area contributed by atoms with Crippen LogP contribution < -0.4 is 4.72 Å². The monoisotopic (exact) mass is 193 g/mol. The SMILES string of the molecule is CC[C@@H](C)NS(=O)(=O)C(C)(C)C. The molecule has 0 amide bonds. The predicted octanol–water partition coefficient (Wildman–Crippen LogP) is 1.50. The fourth-order valence-corrected chi connectivity index (χ4v) is 1.57. The summed E-state index contributed by atoms with van der Waals surface area (Å²) in [6, 6.07) is 0.0224. The van der Waals surface area contributed by atoms with E-state index in [0.29, 0.717) is 0 Å². The van der Waals surface area contributed by atoms with Crippen LogP contribution in [0.3, 0.4) is 0 Å². The van der Waals surface area contributed by atoms with E-state index in [1.807, 2.05) is 13.8 Å². The van der Waals surface area contributed by atoms with E-state index < -0.39 is 14.8 Å². The van der Waals surface area contributed by atoms with Crippen molar-refractivity contribution in [2.24, 2.45) is 0 Å². The standard InChI is InChI=1S/C8H19NO2S/c1-6-7(2)9-12(10,11)8(3,4)5/h7,9H,6H2,1-5H3/t7-/m1/s1. The van der Waals surface area contributed by atoms with Crippen LogP contribution in [0.4, 0.5) is 0 Å². The van der Waals surface area contributed by atoms with Crippen LogP contribution in [0.15, 0.2) is 0 Å². The van der Waals surface area contributed by atoms with Gasteiger partial charge in [-0.05, 0) is 34.1 Å². The molecular weight excluding hydrogens is 174 g/mol. The van der Waals surface area contributed by atoms with E-state index in [0.717, 1.165) is 6.42 Å². The molecule has 0 radical (unpaired) electrons. The molecule has 12 heavy (non-hydrogen) atoms. The highest BCUT2D eigenvalue weighted by molar-refractivity contribution is 7.90. The summed E-state index contributed by atoms with van der Waals surface area (Å²) in [7, 11) is -3.16. The van der Waals surface area contributed by atoms with Gasteiger partial charge in [-0.25, -0.2) is 13.1 Å². The van der Waals surface area contributed by atoms with Crippen molar-refractivity contribution in [3.8, 4) is 0 Å². The van der Waals surface area contributed by atoms with Gasteiger partial charge in [0.25, 0.3) is 0 Å². The van der Waals surface area contributed by atoms with Gasteiger partial charge in [-0.1, -0.05) is 6.92 Å². The Bertz CT molecular complexity index is 226. The van der Waals surface area contributed by atoms with Crippen molar-refractivity contribution in [3.05, 3.63) is 0 Å². The Labute approximate surface area is 75.6 Å². The maximum Gasteiger partial charge on any atom is 0.216 e. The van der Waals surface area contributed by atoms with Gasteiger partial charge in [0.1, 0.15) is 0 Å². The lowest BCUT2D eigenvalue weighted by Gasteiger charge is -2.22. The van der Waals surface area contributed by atoms with Crippen molar-refractivity contribution < 1.29 is 8.42 Å². The molecule has 1 atom stereocenters. The van der Waals surface area contributed by atoms with Gasteiger partial charge in [-0.15, -0.1) is 0 Å². The van der Waals surface area contributed by atoms with Gasteiger partial charge in [0.15, 0.2) is 0 Å². The Morgan fingerprint density at radius 2 is 1.75 bits per heavy atom. The lowest BCUT2D eigenvalue weighted by Crippen LogP contribution is -2.43. The Balaban J connectivity index is 4.46. The summed E-state index contributed by atoms with van der Waals surface area (Å²) in [6.07, 6.45) is 0.815. The van der Waals surface area contributed by atoms with Crippen LogP contribution in [0.25, 0.3) is 0 Å². The summed E-state index contributed by atoms with van der Waals surface area (Å²) in [4.78, 5) is 0. The molecule has 0 spiro atoms. The summed E-state index contributed by atoms with van der Waals surface area (Å²) >= 11 is 0. The maximum atomic E-state index is 11.5. The van der Waals surface area contributed by atoms with Crippen molar-refractivity contribution in [3.63, 3.8) is 0 Å². The maximum absolute atomic E-state index is 11.5. The molecule has 0 aromatic heterocycles. The van der Waals surface area contributed by atoms with Crippen LogP contribution in [-0.4, -0.2) is 19.2 Å². The Hall–Kier alpha value is -0.0900. The van der Waals surface area contributed by atoms with Gasteiger partial charge in [0.05, 0.1) is 4.75 Å². The quantitative estimate of drug-likeness (QED) is 0.738. The minimum atomic E-state index is -3.16. The molecule has 0 heterocycles. The Morgan fingerprint density at radius 1 is 1.33 bits per heavy atom. The number of rotatable bonds is 3. The second-order valence-electron chi connectivity index (χ2n) is 4.04.